The van der Waals surface area contributed by atoms with Crippen molar-refractivity contribution in [3.05, 3.63) is 11.8 Å². The van der Waals surface area contributed by atoms with Crippen LogP contribution in [0.3, 0.4) is 0 Å². The molecule has 1 aromatic rings. The maximum Gasteiger partial charge on any atom is 0.241 e. The minimum atomic E-state index is -0.156. The average molecular weight is 182 g/mol. The molecule has 0 unspecified atom stereocenters. The molecule has 1 N–H and O–H groups in total. The van der Waals surface area contributed by atoms with Crippen molar-refractivity contribution in [1.29, 1.82) is 0 Å². The van der Waals surface area contributed by atoms with Crippen molar-refractivity contribution in [1.82, 2.24) is 10.2 Å². The molecule has 0 spiro atoms. The third-order valence-corrected chi connectivity index (χ3v) is 2.78. The molecule has 4 heteroatoms. The van der Waals surface area contributed by atoms with E-state index in [0.717, 1.165) is 18.8 Å². The normalized spacial score (nSPS) is 27.2. The minimum absolute atomic E-state index is 0.156. The zero-order valence-electron chi connectivity index (χ0n) is 7.73. The van der Waals surface area contributed by atoms with Gasteiger partial charge in [0, 0.05) is 5.92 Å². The highest BCUT2D eigenvalue weighted by Crippen LogP contribution is 2.42. The number of rotatable bonds is 3. The second-order valence-electron chi connectivity index (χ2n) is 3.63. The zero-order valence-corrected chi connectivity index (χ0v) is 7.73. The van der Waals surface area contributed by atoms with Gasteiger partial charge < -0.3 is 9.52 Å². The van der Waals surface area contributed by atoms with Crippen LogP contribution in [0.15, 0.2) is 4.42 Å². The number of nitrogens with zero attached hydrogens (tertiary/aromatic N) is 2. The molecule has 0 aliphatic heterocycles. The number of aliphatic hydroxyl groups excluding tert-OH is 1. The Morgan fingerprint density at radius 2 is 2.23 bits per heavy atom. The fraction of sp³-hybridized carbons (Fsp3) is 0.778. The van der Waals surface area contributed by atoms with Crippen LogP contribution < -0.4 is 0 Å². The van der Waals surface area contributed by atoms with Crippen LogP contribution in [0.4, 0.5) is 0 Å². The first-order valence-electron chi connectivity index (χ1n) is 4.76. The summed E-state index contributed by atoms with van der Waals surface area (Å²) in [5, 5.41) is 16.3. The molecule has 1 aliphatic rings. The van der Waals surface area contributed by atoms with E-state index in [0.29, 0.717) is 17.7 Å². The van der Waals surface area contributed by atoms with E-state index < -0.39 is 0 Å². The van der Waals surface area contributed by atoms with Gasteiger partial charge in [-0.25, -0.2) is 0 Å². The van der Waals surface area contributed by atoms with Gasteiger partial charge in [-0.3, -0.25) is 0 Å². The highest BCUT2D eigenvalue weighted by atomic mass is 16.4. The predicted octanol–water partition coefficient (Wildman–Crippen LogP) is 1.47. The first-order chi connectivity index (χ1) is 6.33. The van der Waals surface area contributed by atoms with E-state index in [-0.39, 0.29) is 6.61 Å². The number of aliphatic hydroxyl groups is 1. The molecule has 13 heavy (non-hydrogen) atoms. The second-order valence-corrected chi connectivity index (χ2v) is 3.63. The highest BCUT2D eigenvalue weighted by Gasteiger charge is 2.32. The van der Waals surface area contributed by atoms with E-state index in [4.69, 9.17) is 9.52 Å². The van der Waals surface area contributed by atoms with Crippen LogP contribution in [0.25, 0.3) is 0 Å². The summed E-state index contributed by atoms with van der Waals surface area (Å²) < 4.78 is 5.26. The van der Waals surface area contributed by atoms with Gasteiger partial charge >= 0.3 is 0 Å². The number of aromatic nitrogens is 2. The zero-order chi connectivity index (χ0) is 9.26. The SMILES string of the molecule is CCC1CC(c2nnc(CO)o2)C1. The molecule has 1 aromatic heterocycles. The first-order valence-corrected chi connectivity index (χ1v) is 4.76. The lowest BCUT2D eigenvalue weighted by Gasteiger charge is -2.31. The molecule has 0 saturated heterocycles. The highest BCUT2D eigenvalue weighted by molar-refractivity contribution is 4.99. The van der Waals surface area contributed by atoms with Crippen molar-refractivity contribution in [2.75, 3.05) is 0 Å². The summed E-state index contributed by atoms with van der Waals surface area (Å²) in [5.41, 5.74) is 0. The maximum atomic E-state index is 8.73. The van der Waals surface area contributed by atoms with Gasteiger partial charge in [0.2, 0.25) is 11.8 Å². The summed E-state index contributed by atoms with van der Waals surface area (Å²) in [7, 11) is 0. The van der Waals surface area contributed by atoms with E-state index >= 15 is 0 Å². The molecule has 0 atom stereocenters. The molecule has 4 nitrogen and oxygen atoms in total. The Labute approximate surface area is 77.0 Å². The van der Waals surface area contributed by atoms with Gasteiger partial charge in [0.1, 0.15) is 6.61 Å². The van der Waals surface area contributed by atoms with Crippen molar-refractivity contribution >= 4 is 0 Å². The summed E-state index contributed by atoms with van der Waals surface area (Å²) in [5.74, 6) is 2.30. The van der Waals surface area contributed by atoms with Crippen LogP contribution in [0.1, 0.15) is 43.9 Å². The molecular weight excluding hydrogens is 168 g/mol. The third-order valence-electron chi connectivity index (χ3n) is 2.78. The maximum absolute atomic E-state index is 8.73. The topological polar surface area (TPSA) is 59.2 Å². The van der Waals surface area contributed by atoms with E-state index in [2.05, 4.69) is 17.1 Å². The lowest BCUT2D eigenvalue weighted by atomic mass is 9.73. The molecule has 0 amide bonds. The Hall–Kier alpha value is -0.900. The summed E-state index contributed by atoms with van der Waals surface area (Å²) in [6.07, 6.45) is 3.55. The van der Waals surface area contributed by atoms with Gasteiger partial charge in [0.25, 0.3) is 0 Å². The molecule has 1 heterocycles. The Kier molecular flexibility index (Phi) is 2.31. The Morgan fingerprint density at radius 3 is 2.77 bits per heavy atom. The molecule has 0 bridgehead atoms. The van der Waals surface area contributed by atoms with Crippen LogP contribution >= 0.6 is 0 Å². The van der Waals surface area contributed by atoms with Crippen LogP contribution in [-0.2, 0) is 6.61 Å². The van der Waals surface area contributed by atoms with Gasteiger partial charge in [-0.1, -0.05) is 13.3 Å². The van der Waals surface area contributed by atoms with E-state index in [1.807, 2.05) is 0 Å². The standard InChI is InChI=1S/C9H14N2O2/c1-2-6-3-7(4-6)9-11-10-8(5-12)13-9/h6-7,12H,2-5H2,1H3. The largest absolute Gasteiger partial charge is 0.422 e. The summed E-state index contributed by atoms with van der Waals surface area (Å²) >= 11 is 0. The van der Waals surface area contributed by atoms with E-state index in [9.17, 15) is 0 Å². The number of hydrogen-bond donors (Lipinski definition) is 1. The van der Waals surface area contributed by atoms with Gasteiger partial charge in [0.05, 0.1) is 0 Å². The number of hydrogen-bond acceptors (Lipinski definition) is 4. The molecule has 0 radical (unpaired) electrons. The minimum Gasteiger partial charge on any atom is -0.422 e. The first kappa shape index (κ1) is 8.69. The average Bonchev–Trinajstić information content (AvgIpc) is 2.51. The van der Waals surface area contributed by atoms with Crippen molar-refractivity contribution < 1.29 is 9.52 Å². The van der Waals surface area contributed by atoms with Gasteiger partial charge in [-0.05, 0) is 18.8 Å². The molecule has 72 valence electrons. The van der Waals surface area contributed by atoms with Crippen LogP contribution in [0, 0.1) is 5.92 Å². The Balaban J connectivity index is 1.95. The lowest BCUT2D eigenvalue weighted by Crippen LogP contribution is -2.21. The molecule has 1 saturated carbocycles. The molecular formula is C9H14N2O2. The molecule has 1 aliphatic carbocycles. The van der Waals surface area contributed by atoms with Crippen molar-refractivity contribution in [3.8, 4) is 0 Å². The predicted molar refractivity (Wildman–Crippen MR) is 46.0 cm³/mol. The summed E-state index contributed by atoms with van der Waals surface area (Å²) in [4.78, 5) is 0. The van der Waals surface area contributed by atoms with Crippen LogP contribution in [-0.4, -0.2) is 15.3 Å². The summed E-state index contributed by atoms with van der Waals surface area (Å²) in [6, 6.07) is 0. The Bertz CT molecular complexity index is 279. The molecule has 1 fully saturated rings. The fourth-order valence-electron chi connectivity index (χ4n) is 1.77. The quantitative estimate of drug-likeness (QED) is 0.768. The van der Waals surface area contributed by atoms with Gasteiger partial charge in [-0.2, -0.15) is 0 Å². The third kappa shape index (κ3) is 1.58. The van der Waals surface area contributed by atoms with Crippen LogP contribution in [0.2, 0.25) is 0 Å². The summed E-state index contributed by atoms with van der Waals surface area (Å²) in [6.45, 7) is 2.05. The molecule has 0 aromatic carbocycles. The van der Waals surface area contributed by atoms with Crippen LogP contribution in [0.5, 0.6) is 0 Å². The van der Waals surface area contributed by atoms with Gasteiger partial charge in [-0.15, -0.1) is 10.2 Å². The molecule has 2 rings (SSSR count). The van der Waals surface area contributed by atoms with Crippen molar-refractivity contribution in [3.63, 3.8) is 0 Å². The van der Waals surface area contributed by atoms with E-state index in [1.54, 1.807) is 0 Å². The lowest BCUT2D eigenvalue weighted by molar-refractivity contribution is 0.200. The smallest absolute Gasteiger partial charge is 0.241 e. The Morgan fingerprint density at radius 1 is 1.46 bits per heavy atom. The van der Waals surface area contributed by atoms with Crippen molar-refractivity contribution in [2.45, 2.75) is 38.7 Å². The monoisotopic (exact) mass is 182 g/mol. The fourth-order valence-corrected chi connectivity index (χ4v) is 1.77. The van der Waals surface area contributed by atoms with Crippen molar-refractivity contribution in [2.24, 2.45) is 5.92 Å². The van der Waals surface area contributed by atoms with Gasteiger partial charge in [0.15, 0.2) is 0 Å². The van der Waals surface area contributed by atoms with E-state index in [1.165, 1.54) is 6.42 Å². The second kappa shape index (κ2) is 3.46.